The van der Waals surface area contributed by atoms with Crippen LogP contribution in [-0.2, 0) is 25.7 Å². The van der Waals surface area contributed by atoms with Crippen molar-refractivity contribution in [3.63, 3.8) is 0 Å². The van der Waals surface area contributed by atoms with E-state index in [0.717, 1.165) is 28.7 Å². The number of alkyl halides is 3. The minimum atomic E-state index is -4.36. The molecule has 4 rings (SSSR count). The van der Waals surface area contributed by atoms with Crippen molar-refractivity contribution in [1.82, 2.24) is 15.2 Å². The van der Waals surface area contributed by atoms with Gasteiger partial charge in [-0.2, -0.15) is 13.2 Å². The van der Waals surface area contributed by atoms with E-state index in [9.17, 15) is 18.0 Å². The SMILES string of the molecule is O=C(NCc1ccc(C(F)(F)F)cc1)N1CCc2c([nH]c3ccc(Cl)cc23)C1. The molecule has 8 heteroatoms. The van der Waals surface area contributed by atoms with Crippen molar-refractivity contribution in [2.24, 2.45) is 0 Å². The van der Waals surface area contributed by atoms with Gasteiger partial charge in [-0.3, -0.25) is 0 Å². The standard InChI is InChI=1S/C20H17ClF3N3O/c21-14-5-6-17-16(9-14)15-7-8-27(11-18(15)26-17)19(28)25-10-12-1-3-13(4-2-12)20(22,23)24/h1-6,9,26H,7-8,10-11H2,(H,25,28). The number of rotatable bonds is 2. The Morgan fingerprint density at radius 2 is 1.93 bits per heavy atom. The normalized spacial score (nSPS) is 14.2. The maximum absolute atomic E-state index is 12.6. The van der Waals surface area contributed by atoms with Crippen LogP contribution >= 0.6 is 11.6 Å². The molecule has 0 spiro atoms. The van der Waals surface area contributed by atoms with E-state index in [0.29, 0.717) is 30.1 Å². The molecule has 0 unspecified atom stereocenters. The van der Waals surface area contributed by atoms with Gasteiger partial charge in [-0.1, -0.05) is 23.7 Å². The first-order valence-corrected chi connectivity index (χ1v) is 9.17. The number of carbonyl (C=O) groups is 1. The summed E-state index contributed by atoms with van der Waals surface area (Å²) in [5.74, 6) is 0. The number of nitrogens with zero attached hydrogens (tertiary/aromatic N) is 1. The average Bonchev–Trinajstić information content (AvgIpc) is 3.02. The molecule has 1 aliphatic rings. The summed E-state index contributed by atoms with van der Waals surface area (Å²) in [7, 11) is 0. The van der Waals surface area contributed by atoms with Crippen molar-refractivity contribution in [1.29, 1.82) is 0 Å². The lowest BCUT2D eigenvalue weighted by Crippen LogP contribution is -2.42. The molecule has 146 valence electrons. The van der Waals surface area contributed by atoms with Crippen molar-refractivity contribution in [3.8, 4) is 0 Å². The average molecular weight is 408 g/mol. The van der Waals surface area contributed by atoms with Crippen LogP contribution in [0.2, 0.25) is 5.02 Å². The molecular weight excluding hydrogens is 391 g/mol. The van der Waals surface area contributed by atoms with E-state index in [2.05, 4.69) is 10.3 Å². The number of H-pyrrole nitrogens is 1. The molecule has 1 aliphatic heterocycles. The minimum absolute atomic E-state index is 0.169. The van der Waals surface area contributed by atoms with Crippen molar-refractivity contribution >= 4 is 28.5 Å². The first-order valence-electron chi connectivity index (χ1n) is 8.79. The fourth-order valence-electron chi connectivity index (χ4n) is 3.49. The van der Waals surface area contributed by atoms with Gasteiger partial charge in [0.1, 0.15) is 0 Å². The molecule has 1 aromatic heterocycles. The first kappa shape index (κ1) is 18.7. The molecule has 3 aromatic rings. The molecule has 0 bridgehead atoms. The molecule has 0 saturated carbocycles. The fraction of sp³-hybridized carbons (Fsp3) is 0.250. The summed E-state index contributed by atoms with van der Waals surface area (Å²) in [6.45, 7) is 1.18. The van der Waals surface area contributed by atoms with Crippen LogP contribution in [0, 0.1) is 0 Å². The van der Waals surface area contributed by atoms with Gasteiger partial charge in [0, 0.05) is 34.7 Å². The quantitative estimate of drug-likeness (QED) is 0.609. The van der Waals surface area contributed by atoms with E-state index in [1.807, 2.05) is 18.2 Å². The monoisotopic (exact) mass is 407 g/mol. The van der Waals surface area contributed by atoms with Gasteiger partial charge in [-0.15, -0.1) is 0 Å². The van der Waals surface area contributed by atoms with Gasteiger partial charge in [0.05, 0.1) is 12.1 Å². The Labute approximate surface area is 164 Å². The van der Waals surface area contributed by atoms with Crippen LogP contribution in [0.5, 0.6) is 0 Å². The van der Waals surface area contributed by atoms with E-state index in [1.54, 1.807) is 4.90 Å². The number of amides is 2. The third-order valence-corrected chi connectivity index (χ3v) is 5.18. The number of aromatic nitrogens is 1. The fourth-order valence-corrected chi connectivity index (χ4v) is 3.66. The molecule has 0 fully saturated rings. The maximum Gasteiger partial charge on any atom is 0.416 e. The highest BCUT2D eigenvalue weighted by atomic mass is 35.5. The Kier molecular flexibility index (Phi) is 4.71. The topological polar surface area (TPSA) is 48.1 Å². The van der Waals surface area contributed by atoms with Gasteiger partial charge in [0.15, 0.2) is 0 Å². The number of fused-ring (bicyclic) bond motifs is 3. The highest BCUT2D eigenvalue weighted by Crippen LogP contribution is 2.30. The number of hydrogen-bond acceptors (Lipinski definition) is 1. The first-order chi connectivity index (χ1) is 13.3. The number of nitrogens with one attached hydrogen (secondary N) is 2. The Bertz CT molecular complexity index is 1030. The molecule has 2 heterocycles. The summed E-state index contributed by atoms with van der Waals surface area (Å²) in [6.07, 6.45) is -3.65. The van der Waals surface area contributed by atoms with Crippen LogP contribution in [0.25, 0.3) is 10.9 Å². The summed E-state index contributed by atoms with van der Waals surface area (Å²) in [4.78, 5) is 17.5. The van der Waals surface area contributed by atoms with Crippen molar-refractivity contribution < 1.29 is 18.0 Å². The Balaban J connectivity index is 1.40. The second kappa shape index (κ2) is 7.05. The van der Waals surface area contributed by atoms with Crippen molar-refractivity contribution in [2.45, 2.75) is 25.7 Å². The predicted molar refractivity (Wildman–Crippen MR) is 101 cm³/mol. The number of carbonyl (C=O) groups excluding carboxylic acids is 1. The highest BCUT2D eigenvalue weighted by molar-refractivity contribution is 6.31. The second-order valence-electron chi connectivity index (χ2n) is 6.80. The molecule has 0 atom stereocenters. The number of urea groups is 1. The van der Waals surface area contributed by atoms with E-state index in [4.69, 9.17) is 11.6 Å². The van der Waals surface area contributed by atoms with Gasteiger partial charge in [0.25, 0.3) is 0 Å². The predicted octanol–water partition coefficient (Wildman–Crippen LogP) is 5.11. The summed E-state index contributed by atoms with van der Waals surface area (Å²) in [5.41, 5.74) is 3.04. The smallest absolute Gasteiger partial charge is 0.357 e. The molecule has 0 aliphatic carbocycles. The lowest BCUT2D eigenvalue weighted by Gasteiger charge is -2.27. The lowest BCUT2D eigenvalue weighted by molar-refractivity contribution is -0.137. The Morgan fingerprint density at radius 3 is 2.64 bits per heavy atom. The van der Waals surface area contributed by atoms with Crippen molar-refractivity contribution in [3.05, 3.63) is 69.9 Å². The Morgan fingerprint density at radius 1 is 1.18 bits per heavy atom. The molecule has 0 saturated heterocycles. The van der Waals surface area contributed by atoms with Crippen LogP contribution in [0.15, 0.2) is 42.5 Å². The summed E-state index contributed by atoms with van der Waals surface area (Å²) >= 11 is 6.08. The van der Waals surface area contributed by atoms with Crippen LogP contribution in [0.3, 0.4) is 0 Å². The molecule has 2 N–H and O–H groups in total. The number of benzene rings is 2. The molecule has 2 aromatic carbocycles. The van der Waals surface area contributed by atoms with E-state index in [1.165, 1.54) is 17.7 Å². The van der Waals surface area contributed by atoms with Gasteiger partial charge >= 0.3 is 12.2 Å². The molecular formula is C20H17ClF3N3O. The maximum atomic E-state index is 12.6. The summed E-state index contributed by atoms with van der Waals surface area (Å²) in [5, 5.41) is 4.52. The van der Waals surface area contributed by atoms with Gasteiger partial charge in [-0.25, -0.2) is 4.79 Å². The molecule has 4 nitrogen and oxygen atoms in total. The van der Waals surface area contributed by atoms with Crippen molar-refractivity contribution in [2.75, 3.05) is 6.54 Å². The molecule has 2 amide bonds. The number of hydrogen-bond donors (Lipinski definition) is 2. The van der Waals surface area contributed by atoms with Crippen LogP contribution in [0.1, 0.15) is 22.4 Å². The van der Waals surface area contributed by atoms with E-state index < -0.39 is 11.7 Å². The van der Waals surface area contributed by atoms with Gasteiger partial charge < -0.3 is 15.2 Å². The van der Waals surface area contributed by atoms with E-state index >= 15 is 0 Å². The van der Waals surface area contributed by atoms with Crippen LogP contribution < -0.4 is 5.32 Å². The third kappa shape index (κ3) is 3.67. The molecule has 28 heavy (non-hydrogen) atoms. The third-order valence-electron chi connectivity index (χ3n) is 4.95. The summed E-state index contributed by atoms with van der Waals surface area (Å²) < 4.78 is 37.8. The second-order valence-corrected chi connectivity index (χ2v) is 7.23. The van der Waals surface area contributed by atoms with Crippen LogP contribution in [0.4, 0.5) is 18.0 Å². The lowest BCUT2D eigenvalue weighted by atomic mass is 10.0. The zero-order valence-corrected chi connectivity index (χ0v) is 15.5. The van der Waals surface area contributed by atoms with Gasteiger partial charge in [0.2, 0.25) is 0 Å². The highest BCUT2D eigenvalue weighted by Gasteiger charge is 2.30. The number of halogens is 4. The largest absolute Gasteiger partial charge is 0.416 e. The minimum Gasteiger partial charge on any atom is -0.357 e. The zero-order chi connectivity index (χ0) is 19.9. The van der Waals surface area contributed by atoms with Gasteiger partial charge in [-0.05, 0) is 47.9 Å². The molecule has 0 radical (unpaired) electrons. The Hall–Kier alpha value is -2.67. The summed E-state index contributed by atoms with van der Waals surface area (Å²) in [6, 6.07) is 10.2. The van der Waals surface area contributed by atoms with E-state index in [-0.39, 0.29) is 12.6 Å². The van der Waals surface area contributed by atoms with Crippen LogP contribution in [-0.4, -0.2) is 22.5 Å². The number of aromatic amines is 1. The zero-order valence-electron chi connectivity index (χ0n) is 14.7.